The standard InChI is InChI=1S/C15H18N2O/c1-15(2,10-16)17-14(18)9-11-6-7-12-4-3-5-13(12)8-11/h6-8H,3-5,9H2,1-2H3,(H,17,18). The molecule has 0 bridgehead atoms. The average molecular weight is 242 g/mol. The highest BCUT2D eigenvalue weighted by Crippen LogP contribution is 2.23. The van der Waals surface area contributed by atoms with Crippen LogP contribution < -0.4 is 5.32 Å². The van der Waals surface area contributed by atoms with Crippen molar-refractivity contribution in [1.82, 2.24) is 5.32 Å². The lowest BCUT2D eigenvalue weighted by Crippen LogP contribution is -2.42. The summed E-state index contributed by atoms with van der Waals surface area (Å²) >= 11 is 0. The third-order valence-corrected chi connectivity index (χ3v) is 3.26. The van der Waals surface area contributed by atoms with Gasteiger partial charge >= 0.3 is 0 Å². The first-order valence-electron chi connectivity index (χ1n) is 6.33. The summed E-state index contributed by atoms with van der Waals surface area (Å²) in [6.07, 6.45) is 3.84. The number of amides is 1. The summed E-state index contributed by atoms with van der Waals surface area (Å²) in [4.78, 5) is 11.8. The van der Waals surface area contributed by atoms with Crippen molar-refractivity contribution in [3.8, 4) is 6.07 Å². The van der Waals surface area contributed by atoms with Gasteiger partial charge in [0.15, 0.2) is 0 Å². The quantitative estimate of drug-likeness (QED) is 0.882. The molecule has 0 atom stereocenters. The van der Waals surface area contributed by atoms with Crippen molar-refractivity contribution in [3.63, 3.8) is 0 Å². The number of aryl methyl sites for hydroxylation is 2. The van der Waals surface area contributed by atoms with Crippen molar-refractivity contribution in [3.05, 3.63) is 34.9 Å². The van der Waals surface area contributed by atoms with Crippen LogP contribution in [0.1, 0.15) is 37.0 Å². The molecule has 3 heteroatoms. The number of hydrogen-bond donors (Lipinski definition) is 1. The van der Waals surface area contributed by atoms with Crippen LogP contribution in [-0.4, -0.2) is 11.4 Å². The second-order valence-electron chi connectivity index (χ2n) is 5.42. The summed E-state index contributed by atoms with van der Waals surface area (Å²) in [7, 11) is 0. The number of nitriles is 1. The van der Waals surface area contributed by atoms with E-state index in [9.17, 15) is 4.79 Å². The molecule has 18 heavy (non-hydrogen) atoms. The SMILES string of the molecule is CC(C)(C#N)NC(=O)Cc1ccc2c(c1)CCC2. The zero-order chi connectivity index (χ0) is 13.2. The molecule has 1 amide bonds. The van der Waals surface area contributed by atoms with Gasteiger partial charge in [-0.15, -0.1) is 0 Å². The summed E-state index contributed by atoms with van der Waals surface area (Å²) in [5.74, 6) is -0.0977. The number of hydrogen-bond acceptors (Lipinski definition) is 2. The highest BCUT2D eigenvalue weighted by molar-refractivity contribution is 5.79. The zero-order valence-corrected chi connectivity index (χ0v) is 10.9. The molecule has 3 nitrogen and oxygen atoms in total. The summed E-state index contributed by atoms with van der Waals surface area (Å²) in [6.45, 7) is 3.40. The molecule has 0 aromatic heterocycles. The summed E-state index contributed by atoms with van der Waals surface area (Å²) in [5.41, 5.74) is 3.02. The maximum atomic E-state index is 11.8. The lowest BCUT2D eigenvalue weighted by molar-refractivity contribution is -0.121. The van der Waals surface area contributed by atoms with Gasteiger partial charge in [-0.1, -0.05) is 18.2 Å². The third-order valence-electron chi connectivity index (χ3n) is 3.26. The predicted octanol–water partition coefficient (Wildman–Crippen LogP) is 2.14. The summed E-state index contributed by atoms with van der Waals surface area (Å²) in [5, 5.41) is 11.6. The lowest BCUT2D eigenvalue weighted by Gasteiger charge is -2.17. The average Bonchev–Trinajstić information content (AvgIpc) is 2.75. The second-order valence-corrected chi connectivity index (χ2v) is 5.42. The minimum atomic E-state index is -0.798. The van der Waals surface area contributed by atoms with E-state index < -0.39 is 5.54 Å². The number of carbonyl (C=O) groups is 1. The van der Waals surface area contributed by atoms with Gasteiger partial charge in [0, 0.05) is 0 Å². The molecule has 0 aliphatic heterocycles. The Balaban J connectivity index is 2.02. The zero-order valence-electron chi connectivity index (χ0n) is 10.9. The van der Waals surface area contributed by atoms with E-state index >= 15 is 0 Å². The van der Waals surface area contributed by atoms with Gasteiger partial charge in [-0.3, -0.25) is 4.79 Å². The number of nitrogens with one attached hydrogen (secondary N) is 1. The number of carbonyl (C=O) groups excluding carboxylic acids is 1. The Hall–Kier alpha value is -1.82. The molecule has 0 fully saturated rings. The Morgan fingerprint density at radius 3 is 2.83 bits per heavy atom. The molecular weight excluding hydrogens is 224 g/mol. The number of rotatable bonds is 3. The molecule has 1 N–H and O–H groups in total. The first-order valence-corrected chi connectivity index (χ1v) is 6.33. The highest BCUT2D eigenvalue weighted by Gasteiger charge is 2.19. The van der Waals surface area contributed by atoms with E-state index in [-0.39, 0.29) is 5.91 Å². The van der Waals surface area contributed by atoms with Crippen molar-refractivity contribution >= 4 is 5.91 Å². The van der Waals surface area contributed by atoms with Gasteiger partial charge in [0.25, 0.3) is 0 Å². The van der Waals surface area contributed by atoms with Crippen LogP contribution in [0.5, 0.6) is 0 Å². The molecule has 0 spiro atoms. The van der Waals surface area contributed by atoms with E-state index in [2.05, 4.69) is 23.5 Å². The molecule has 1 aromatic rings. The topological polar surface area (TPSA) is 52.9 Å². The van der Waals surface area contributed by atoms with Crippen LogP contribution in [0.25, 0.3) is 0 Å². The van der Waals surface area contributed by atoms with Crippen molar-refractivity contribution in [2.24, 2.45) is 0 Å². The maximum absolute atomic E-state index is 11.8. The van der Waals surface area contributed by atoms with Gasteiger partial charge in [0.1, 0.15) is 5.54 Å². The molecule has 1 aromatic carbocycles. The molecular formula is C15H18N2O. The number of benzene rings is 1. The Bertz CT molecular complexity index is 512. The fourth-order valence-corrected chi connectivity index (χ4v) is 2.34. The fraction of sp³-hybridized carbons (Fsp3) is 0.467. The Morgan fingerprint density at radius 1 is 1.39 bits per heavy atom. The maximum Gasteiger partial charge on any atom is 0.225 e. The van der Waals surface area contributed by atoms with E-state index in [0.717, 1.165) is 18.4 Å². The fourth-order valence-electron chi connectivity index (χ4n) is 2.34. The molecule has 2 rings (SSSR count). The Morgan fingerprint density at radius 2 is 2.11 bits per heavy atom. The van der Waals surface area contributed by atoms with Crippen LogP contribution in [-0.2, 0) is 24.1 Å². The molecule has 1 aliphatic carbocycles. The molecule has 0 saturated carbocycles. The van der Waals surface area contributed by atoms with E-state index in [0.29, 0.717) is 6.42 Å². The van der Waals surface area contributed by atoms with Crippen LogP contribution in [0.15, 0.2) is 18.2 Å². The van der Waals surface area contributed by atoms with Gasteiger partial charge in [-0.2, -0.15) is 5.26 Å². The monoisotopic (exact) mass is 242 g/mol. The van der Waals surface area contributed by atoms with Crippen LogP contribution in [0, 0.1) is 11.3 Å². The Kier molecular flexibility index (Phi) is 3.38. The van der Waals surface area contributed by atoms with Crippen molar-refractivity contribution in [2.75, 3.05) is 0 Å². The molecule has 1 aliphatic rings. The predicted molar refractivity (Wildman–Crippen MR) is 70.0 cm³/mol. The minimum Gasteiger partial charge on any atom is -0.338 e. The molecule has 0 unspecified atom stereocenters. The van der Waals surface area contributed by atoms with Gasteiger partial charge < -0.3 is 5.32 Å². The highest BCUT2D eigenvalue weighted by atomic mass is 16.1. The molecule has 0 saturated heterocycles. The van der Waals surface area contributed by atoms with Crippen LogP contribution in [0.3, 0.4) is 0 Å². The van der Waals surface area contributed by atoms with E-state index in [4.69, 9.17) is 5.26 Å². The third kappa shape index (κ3) is 2.89. The first kappa shape index (κ1) is 12.6. The van der Waals surface area contributed by atoms with Gasteiger partial charge in [-0.05, 0) is 49.8 Å². The smallest absolute Gasteiger partial charge is 0.225 e. The summed E-state index contributed by atoms with van der Waals surface area (Å²) in [6, 6.07) is 8.34. The van der Waals surface area contributed by atoms with Gasteiger partial charge in [-0.25, -0.2) is 0 Å². The molecule has 0 heterocycles. The minimum absolute atomic E-state index is 0.0977. The Labute approximate surface area is 108 Å². The van der Waals surface area contributed by atoms with Crippen molar-refractivity contribution < 1.29 is 4.79 Å². The number of nitrogens with zero attached hydrogens (tertiary/aromatic N) is 1. The largest absolute Gasteiger partial charge is 0.338 e. The lowest BCUT2D eigenvalue weighted by atomic mass is 10.0. The normalized spacial score (nSPS) is 13.8. The van der Waals surface area contributed by atoms with Crippen LogP contribution >= 0.6 is 0 Å². The van der Waals surface area contributed by atoms with Crippen LogP contribution in [0.4, 0.5) is 0 Å². The summed E-state index contributed by atoms with van der Waals surface area (Å²) < 4.78 is 0. The molecule has 94 valence electrons. The van der Waals surface area contributed by atoms with Gasteiger partial charge in [0.05, 0.1) is 12.5 Å². The number of fused-ring (bicyclic) bond motifs is 1. The van der Waals surface area contributed by atoms with E-state index in [1.165, 1.54) is 17.5 Å². The second kappa shape index (κ2) is 4.81. The van der Waals surface area contributed by atoms with E-state index in [1.54, 1.807) is 13.8 Å². The van der Waals surface area contributed by atoms with Crippen LogP contribution in [0.2, 0.25) is 0 Å². The van der Waals surface area contributed by atoms with Crippen molar-refractivity contribution in [2.45, 2.75) is 45.1 Å². The molecule has 0 radical (unpaired) electrons. The van der Waals surface area contributed by atoms with Gasteiger partial charge in [0.2, 0.25) is 5.91 Å². The van der Waals surface area contributed by atoms with Crippen molar-refractivity contribution in [1.29, 1.82) is 5.26 Å². The first-order chi connectivity index (χ1) is 8.50. The van der Waals surface area contributed by atoms with E-state index in [1.807, 2.05) is 6.07 Å².